The molecule has 4 rings (SSSR count). The van der Waals surface area contributed by atoms with Crippen molar-refractivity contribution in [2.24, 2.45) is 0 Å². The van der Waals surface area contributed by atoms with Crippen LogP contribution in [0.15, 0.2) is 12.3 Å². The second kappa shape index (κ2) is 8.71. The van der Waals surface area contributed by atoms with Gasteiger partial charge in [-0.3, -0.25) is 0 Å². The number of rotatable bonds is 7. The molecule has 0 bridgehead atoms. The zero-order valence-electron chi connectivity index (χ0n) is 19.9. The highest BCUT2D eigenvalue weighted by molar-refractivity contribution is 6.74. The minimum atomic E-state index is -1.85. The Morgan fingerprint density at radius 1 is 1.31 bits per heavy atom. The third-order valence-electron chi connectivity index (χ3n) is 7.82. The van der Waals surface area contributed by atoms with E-state index in [1.165, 1.54) is 0 Å². The van der Waals surface area contributed by atoms with Crippen LogP contribution in [0.3, 0.4) is 0 Å². The molecule has 176 valence electrons. The Hall–Kier alpha value is -0.898. The summed E-state index contributed by atoms with van der Waals surface area (Å²) in [6, 6.07) is 1.93. The minimum absolute atomic E-state index is 0.139. The summed E-state index contributed by atoms with van der Waals surface area (Å²) < 4.78 is 14.2. The van der Waals surface area contributed by atoms with Crippen LogP contribution >= 0.6 is 11.6 Å². The Kier molecular flexibility index (Phi) is 6.60. The number of hydrogen-bond acceptors (Lipinski definition) is 5. The van der Waals surface area contributed by atoms with Crippen molar-refractivity contribution < 1.29 is 19.2 Å². The molecule has 0 radical (unpaired) electrons. The average molecular weight is 479 g/mol. The van der Waals surface area contributed by atoms with Crippen molar-refractivity contribution in [3.63, 3.8) is 0 Å². The third-order valence-corrected chi connectivity index (χ3v) is 12.7. The summed E-state index contributed by atoms with van der Waals surface area (Å²) in [5, 5.41) is 26.8. The molecule has 1 saturated heterocycles. The smallest absolute Gasteiger partial charge is 0.423 e. The van der Waals surface area contributed by atoms with E-state index in [1.54, 1.807) is 6.20 Å². The molecule has 1 aromatic heterocycles. The van der Waals surface area contributed by atoms with E-state index in [-0.39, 0.29) is 16.7 Å². The highest BCUT2D eigenvalue weighted by Gasteiger charge is 2.49. The quantitative estimate of drug-likeness (QED) is 0.572. The van der Waals surface area contributed by atoms with Crippen molar-refractivity contribution in [1.29, 1.82) is 0 Å². The zero-order chi connectivity index (χ0) is 23.3. The van der Waals surface area contributed by atoms with Crippen LogP contribution in [0.4, 0.5) is 0 Å². The van der Waals surface area contributed by atoms with Crippen LogP contribution < -0.4 is 5.46 Å². The van der Waals surface area contributed by atoms with E-state index in [0.717, 1.165) is 55.0 Å². The lowest BCUT2D eigenvalue weighted by molar-refractivity contribution is -0.0366. The summed E-state index contributed by atoms with van der Waals surface area (Å²) in [5.41, 5.74) is 1.96. The molecule has 0 spiro atoms. The van der Waals surface area contributed by atoms with Crippen molar-refractivity contribution >= 4 is 43.4 Å². The van der Waals surface area contributed by atoms with Gasteiger partial charge in [0.25, 0.3) is 0 Å². The number of fused-ring (bicyclic) bond motifs is 1. The van der Waals surface area contributed by atoms with Gasteiger partial charge in [-0.1, -0.05) is 32.4 Å². The van der Waals surface area contributed by atoms with Crippen LogP contribution in [-0.4, -0.2) is 48.5 Å². The SMILES string of the molecule is CC(C)(C)[Si](C)(C)OCCC1(c2c(Cl)cc3c(cnn3C3CCCCO3)c2B(O)O)CC1. The average Bonchev–Trinajstić information content (AvgIpc) is 3.37. The standard InChI is InChI=1S/C23H36BClN2O4Si/c1-22(2,3)32(4,5)31-13-11-23(9-10-23)20-17(25)14-18-16(21(20)24(28)29)15-26-27(18)19-8-6-7-12-30-19/h14-15,19,28-29H,6-13H2,1-5H3. The van der Waals surface area contributed by atoms with Gasteiger partial charge in [0.15, 0.2) is 14.5 Å². The van der Waals surface area contributed by atoms with Crippen LogP contribution in [0.1, 0.15) is 71.1 Å². The van der Waals surface area contributed by atoms with E-state index in [4.69, 9.17) is 20.8 Å². The molecule has 32 heavy (non-hydrogen) atoms. The number of hydrogen-bond donors (Lipinski definition) is 2. The Labute approximate surface area is 197 Å². The minimum Gasteiger partial charge on any atom is -0.423 e. The van der Waals surface area contributed by atoms with Crippen molar-refractivity contribution in [2.75, 3.05) is 13.2 Å². The maximum Gasteiger partial charge on any atom is 0.489 e. The first-order valence-corrected chi connectivity index (χ1v) is 15.1. The van der Waals surface area contributed by atoms with Crippen molar-refractivity contribution in [1.82, 2.24) is 9.78 Å². The van der Waals surface area contributed by atoms with Gasteiger partial charge in [0.05, 0.1) is 11.7 Å². The van der Waals surface area contributed by atoms with Gasteiger partial charge in [0, 0.05) is 23.6 Å². The molecule has 1 aromatic carbocycles. The number of halogens is 1. The van der Waals surface area contributed by atoms with E-state index in [1.807, 2.05) is 10.7 Å². The maximum atomic E-state index is 10.4. The van der Waals surface area contributed by atoms with Gasteiger partial charge in [0.2, 0.25) is 0 Å². The number of benzene rings is 1. The van der Waals surface area contributed by atoms with Crippen molar-refractivity contribution in [2.45, 2.75) is 89.1 Å². The Bertz CT molecular complexity index is 979. The van der Waals surface area contributed by atoms with E-state index >= 15 is 0 Å². The lowest BCUT2D eigenvalue weighted by Gasteiger charge is -2.36. The second-order valence-corrected chi connectivity index (χ2v) is 16.2. The van der Waals surface area contributed by atoms with Gasteiger partial charge < -0.3 is 19.2 Å². The molecule has 2 aliphatic rings. The van der Waals surface area contributed by atoms with E-state index in [0.29, 0.717) is 23.7 Å². The molecule has 9 heteroatoms. The first-order chi connectivity index (χ1) is 15.0. The topological polar surface area (TPSA) is 76.7 Å². The van der Waals surface area contributed by atoms with Crippen molar-refractivity contribution in [3.05, 3.63) is 22.8 Å². The summed E-state index contributed by atoms with van der Waals surface area (Å²) in [5.74, 6) is 0. The van der Waals surface area contributed by atoms with Crippen LogP contribution in [0.5, 0.6) is 0 Å². The number of nitrogens with zero attached hydrogens (tertiary/aromatic N) is 2. The highest BCUT2D eigenvalue weighted by atomic mass is 35.5. The summed E-state index contributed by atoms with van der Waals surface area (Å²) in [6.07, 6.45) is 7.39. The Morgan fingerprint density at radius 3 is 2.59 bits per heavy atom. The fraction of sp³-hybridized carbons (Fsp3) is 0.696. The molecule has 6 nitrogen and oxygen atoms in total. The van der Waals surface area contributed by atoms with E-state index in [9.17, 15) is 10.0 Å². The largest absolute Gasteiger partial charge is 0.489 e. The summed E-state index contributed by atoms with van der Waals surface area (Å²) in [4.78, 5) is 0. The second-order valence-electron chi connectivity index (χ2n) is 11.0. The van der Waals surface area contributed by atoms with Gasteiger partial charge in [0.1, 0.15) is 0 Å². The van der Waals surface area contributed by atoms with Crippen LogP contribution in [-0.2, 0) is 14.6 Å². The van der Waals surface area contributed by atoms with Crippen LogP contribution in [0, 0.1) is 0 Å². The van der Waals surface area contributed by atoms with E-state index < -0.39 is 15.4 Å². The van der Waals surface area contributed by atoms with Gasteiger partial charge in [-0.15, -0.1) is 0 Å². The summed E-state index contributed by atoms with van der Waals surface area (Å²) in [7, 11) is -3.46. The van der Waals surface area contributed by atoms with Gasteiger partial charge >= 0.3 is 7.12 Å². The first-order valence-electron chi connectivity index (χ1n) is 11.8. The zero-order valence-corrected chi connectivity index (χ0v) is 21.7. The molecule has 1 aliphatic heterocycles. The summed E-state index contributed by atoms with van der Waals surface area (Å²) >= 11 is 6.85. The molecule has 2 heterocycles. The fourth-order valence-corrected chi connectivity index (χ4v) is 6.08. The van der Waals surface area contributed by atoms with E-state index in [2.05, 4.69) is 39.0 Å². The molecule has 2 N–H and O–H groups in total. The fourth-order valence-electron chi connectivity index (χ4n) is 4.63. The number of ether oxygens (including phenoxy) is 1. The van der Waals surface area contributed by atoms with Gasteiger partial charge in [-0.2, -0.15) is 5.10 Å². The molecule has 2 aromatic rings. The molecule has 2 fully saturated rings. The predicted molar refractivity (Wildman–Crippen MR) is 132 cm³/mol. The molecule has 1 saturated carbocycles. The van der Waals surface area contributed by atoms with Gasteiger partial charge in [-0.25, -0.2) is 4.68 Å². The predicted octanol–water partition coefficient (Wildman–Crippen LogP) is 4.51. The lowest BCUT2D eigenvalue weighted by Crippen LogP contribution is -2.42. The monoisotopic (exact) mass is 478 g/mol. The molecular formula is C23H36BClN2O4Si. The lowest BCUT2D eigenvalue weighted by atomic mass is 9.70. The maximum absolute atomic E-state index is 10.4. The summed E-state index contributed by atoms with van der Waals surface area (Å²) in [6.45, 7) is 12.6. The number of aromatic nitrogens is 2. The highest BCUT2D eigenvalue weighted by Crippen LogP contribution is 2.53. The molecular weight excluding hydrogens is 443 g/mol. The third kappa shape index (κ3) is 4.42. The van der Waals surface area contributed by atoms with Crippen LogP contribution in [0.2, 0.25) is 23.2 Å². The normalized spacial score (nSPS) is 21.2. The first kappa shape index (κ1) is 24.2. The molecule has 1 unspecified atom stereocenters. The molecule has 1 atom stereocenters. The Morgan fingerprint density at radius 2 is 2.03 bits per heavy atom. The Balaban J connectivity index is 1.66. The van der Waals surface area contributed by atoms with Crippen LogP contribution in [0.25, 0.3) is 10.9 Å². The van der Waals surface area contributed by atoms with Gasteiger partial charge in [-0.05, 0) is 79.2 Å². The molecule has 1 aliphatic carbocycles. The molecule has 0 amide bonds. The van der Waals surface area contributed by atoms with Crippen molar-refractivity contribution in [3.8, 4) is 0 Å².